The van der Waals surface area contributed by atoms with E-state index in [4.69, 9.17) is 11.6 Å². The molecule has 1 aliphatic carbocycles. The highest BCUT2D eigenvalue weighted by atomic mass is 35.5. The van der Waals surface area contributed by atoms with Gasteiger partial charge in [-0.05, 0) is 36.1 Å². The van der Waals surface area contributed by atoms with Crippen molar-refractivity contribution in [3.8, 4) is 0 Å². The molecule has 0 amide bonds. The molecule has 2 N–H and O–H groups in total. The van der Waals surface area contributed by atoms with E-state index in [9.17, 15) is 13.5 Å². The summed E-state index contributed by atoms with van der Waals surface area (Å²) >= 11 is 5.95. The van der Waals surface area contributed by atoms with E-state index in [-0.39, 0.29) is 16.5 Å². The summed E-state index contributed by atoms with van der Waals surface area (Å²) < 4.78 is 27.2. The zero-order valence-corrected chi connectivity index (χ0v) is 14.1. The van der Waals surface area contributed by atoms with Gasteiger partial charge in [0, 0.05) is 13.0 Å². The van der Waals surface area contributed by atoms with Gasteiger partial charge in [-0.15, -0.1) is 0 Å². The summed E-state index contributed by atoms with van der Waals surface area (Å²) in [6, 6.07) is 14.2. The molecule has 1 unspecified atom stereocenters. The summed E-state index contributed by atoms with van der Waals surface area (Å²) in [5, 5.41) is 10.9. The number of hydrogen-bond donors (Lipinski definition) is 2. The third kappa shape index (κ3) is 3.58. The van der Waals surface area contributed by atoms with Crippen LogP contribution in [-0.4, -0.2) is 25.7 Å². The van der Waals surface area contributed by atoms with E-state index >= 15 is 0 Å². The van der Waals surface area contributed by atoms with Crippen molar-refractivity contribution >= 4 is 21.6 Å². The highest BCUT2D eigenvalue weighted by Gasteiger charge is 2.33. The van der Waals surface area contributed by atoms with Crippen LogP contribution in [-0.2, 0) is 22.9 Å². The quantitative estimate of drug-likeness (QED) is 0.889. The minimum absolute atomic E-state index is 0.0291. The predicted molar refractivity (Wildman–Crippen MR) is 90.1 cm³/mol. The van der Waals surface area contributed by atoms with Crippen LogP contribution in [0, 0.1) is 0 Å². The number of hydrogen-bond acceptors (Lipinski definition) is 3. The normalized spacial score (nSPS) is 21.0. The molecule has 0 spiro atoms. The fraction of sp³-hybridized carbons (Fsp3) is 0.294. The van der Waals surface area contributed by atoms with E-state index in [1.54, 1.807) is 12.1 Å². The van der Waals surface area contributed by atoms with Crippen molar-refractivity contribution in [3.05, 3.63) is 64.7 Å². The molecule has 6 heteroatoms. The van der Waals surface area contributed by atoms with Gasteiger partial charge < -0.3 is 5.11 Å². The maximum atomic E-state index is 12.4. The zero-order chi connectivity index (χ0) is 16.5. The Bertz CT molecular complexity index is 822. The van der Waals surface area contributed by atoms with Crippen LogP contribution < -0.4 is 4.72 Å². The number of rotatable bonds is 4. The van der Waals surface area contributed by atoms with Gasteiger partial charge in [-0.25, -0.2) is 13.1 Å². The van der Waals surface area contributed by atoms with Crippen LogP contribution in [0.3, 0.4) is 0 Å². The van der Waals surface area contributed by atoms with Gasteiger partial charge in [0.2, 0.25) is 10.0 Å². The molecule has 0 fully saturated rings. The summed E-state index contributed by atoms with van der Waals surface area (Å²) in [5.74, 6) is 0. The first-order valence-corrected chi connectivity index (χ1v) is 9.29. The van der Waals surface area contributed by atoms with Gasteiger partial charge in [-0.1, -0.05) is 48.0 Å². The average molecular weight is 352 g/mol. The van der Waals surface area contributed by atoms with Gasteiger partial charge in [0.25, 0.3) is 0 Å². The standard InChI is InChI=1S/C17H18ClNO3S/c18-15-7-3-4-8-16(15)23(21,22)19-12-17(20)10-9-13-5-1-2-6-14(13)11-17/h1-8,19-20H,9-12H2. The molecule has 122 valence electrons. The number of benzene rings is 2. The first-order chi connectivity index (χ1) is 10.9. The first-order valence-electron chi connectivity index (χ1n) is 7.43. The Labute approximate surface area is 141 Å². The van der Waals surface area contributed by atoms with Gasteiger partial charge in [0.1, 0.15) is 4.90 Å². The summed E-state index contributed by atoms with van der Waals surface area (Å²) in [7, 11) is -3.75. The van der Waals surface area contributed by atoms with E-state index in [1.165, 1.54) is 17.7 Å². The number of nitrogens with one attached hydrogen (secondary N) is 1. The van der Waals surface area contributed by atoms with Gasteiger partial charge in [-0.2, -0.15) is 0 Å². The van der Waals surface area contributed by atoms with Gasteiger partial charge in [-0.3, -0.25) is 0 Å². The lowest BCUT2D eigenvalue weighted by molar-refractivity contribution is 0.0317. The fourth-order valence-electron chi connectivity index (χ4n) is 2.90. The van der Waals surface area contributed by atoms with Crippen LogP contribution in [0.5, 0.6) is 0 Å². The molecule has 2 aromatic rings. The molecular weight excluding hydrogens is 334 g/mol. The van der Waals surface area contributed by atoms with Gasteiger partial charge >= 0.3 is 0 Å². The van der Waals surface area contributed by atoms with E-state index in [1.807, 2.05) is 24.3 Å². The van der Waals surface area contributed by atoms with Crippen molar-refractivity contribution in [1.82, 2.24) is 4.72 Å². The smallest absolute Gasteiger partial charge is 0.242 e. The number of halogens is 1. The topological polar surface area (TPSA) is 66.4 Å². The fourth-order valence-corrected chi connectivity index (χ4v) is 4.54. The Morgan fingerprint density at radius 3 is 2.48 bits per heavy atom. The van der Waals surface area contributed by atoms with Crippen LogP contribution in [0.4, 0.5) is 0 Å². The molecule has 0 saturated carbocycles. The van der Waals surface area contributed by atoms with Crippen LogP contribution in [0.25, 0.3) is 0 Å². The molecule has 3 rings (SSSR count). The lowest BCUT2D eigenvalue weighted by Gasteiger charge is -2.33. The molecular formula is C17H18ClNO3S. The van der Waals surface area contributed by atoms with Crippen molar-refractivity contribution < 1.29 is 13.5 Å². The molecule has 4 nitrogen and oxygen atoms in total. The highest BCUT2D eigenvalue weighted by Crippen LogP contribution is 2.29. The maximum Gasteiger partial charge on any atom is 0.242 e. The van der Waals surface area contributed by atoms with Crippen LogP contribution in [0.1, 0.15) is 17.5 Å². The summed E-state index contributed by atoms with van der Waals surface area (Å²) in [6.07, 6.45) is 1.70. The second-order valence-corrected chi connectivity index (χ2v) is 8.07. The van der Waals surface area contributed by atoms with E-state index < -0.39 is 15.6 Å². The molecule has 0 saturated heterocycles. The Morgan fingerprint density at radius 1 is 1.09 bits per heavy atom. The molecule has 23 heavy (non-hydrogen) atoms. The lowest BCUT2D eigenvalue weighted by atomic mass is 9.80. The van der Waals surface area contributed by atoms with E-state index in [0.29, 0.717) is 12.8 Å². The van der Waals surface area contributed by atoms with Gasteiger partial charge in [0.05, 0.1) is 10.6 Å². The lowest BCUT2D eigenvalue weighted by Crippen LogP contribution is -2.46. The molecule has 1 aliphatic rings. The minimum Gasteiger partial charge on any atom is -0.388 e. The summed E-state index contributed by atoms with van der Waals surface area (Å²) in [5.41, 5.74) is 1.20. The van der Waals surface area contributed by atoms with Crippen molar-refractivity contribution in [2.45, 2.75) is 29.8 Å². The molecule has 0 heterocycles. The molecule has 0 radical (unpaired) electrons. The third-order valence-electron chi connectivity index (χ3n) is 4.22. The van der Waals surface area contributed by atoms with Crippen molar-refractivity contribution in [1.29, 1.82) is 0 Å². The minimum atomic E-state index is -3.75. The number of aryl methyl sites for hydroxylation is 1. The SMILES string of the molecule is O=S(=O)(NCC1(O)CCc2ccccc2C1)c1ccccc1Cl. The third-order valence-corrected chi connectivity index (χ3v) is 6.12. The Morgan fingerprint density at radius 2 is 1.74 bits per heavy atom. The Balaban J connectivity index is 1.75. The zero-order valence-electron chi connectivity index (χ0n) is 12.5. The van der Waals surface area contributed by atoms with Crippen molar-refractivity contribution in [2.24, 2.45) is 0 Å². The van der Waals surface area contributed by atoms with Crippen molar-refractivity contribution in [2.75, 3.05) is 6.54 Å². The molecule has 2 aromatic carbocycles. The van der Waals surface area contributed by atoms with E-state index in [0.717, 1.165) is 12.0 Å². The summed E-state index contributed by atoms with van der Waals surface area (Å²) in [4.78, 5) is 0.0291. The molecule has 0 aromatic heterocycles. The Hall–Kier alpha value is -1.40. The monoisotopic (exact) mass is 351 g/mol. The maximum absolute atomic E-state index is 12.4. The van der Waals surface area contributed by atoms with Crippen LogP contribution >= 0.6 is 11.6 Å². The van der Waals surface area contributed by atoms with Crippen molar-refractivity contribution in [3.63, 3.8) is 0 Å². The second-order valence-electron chi connectivity index (χ2n) is 5.92. The molecule has 1 atom stereocenters. The van der Waals surface area contributed by atoms with Crippen LogP contribution in [0.2, 0.25) is 5.02 Å². The first kappa shape index (κ1) is 16.5. The number of fused-ring (bicyclic) bond motifs is 1. The van der Waals surface area contributed by atoms with Crippen LogP contribution in [0.15, 0.2) is 53.4 Å². The number of sulfonamides is 1. The largest absolute Gasteiger partial charge is 0.388 e. The second kappa shape index (κ2) is 6.24. The molecule has 0 aliphatic heterocycles. The Kier molecular flexibility index (Phi) is 4.47. The highest BCUT2D eigenvalue weighted by molar-refractivity contribution is 7.89. The summed E-state index contributed by atoms with van der Waals surface area (Å²) in [6.45, 7) is -0.0328. The number of aliphatic hydroxyl groups is 1. The average Bonchev–Trinajstić information content (AvgIpc) is 2.53. The predicted octanol–water partition coefficient (Wildman–Crippen LogP) is 2.54. The molecule has 0 bridgehead atoms. The van der Waals surface area contributed by atoms with Gasteiger partial charge in [0.15, 0.2) is 0 Å². The van der Waals surface area contributed by atoms with E-state index in [2.05, 4.69) is 4.72 Å².